The lowest BCUT2D eigenvalue weighted by Gasteiger charge is -2.18. The van der Waals surface area contributed by atoms with Crippen molar-refractivity contribution in [1.82, 2.24) is 4.90 Å². The van der Waals surface area contributed by atoms with Crippen molar-refractivity contribution in [1.29, 1.82) is 0 Å². The van der Waals surface area contributed by atoms with Crippen LogP contribution in [0.5, 0.6) is 11.5 Å². The number of thioether (sulfide) groups is 1. The lowest BCUT2D eigenvalue weighted by molar-refractivity contribution is -0.148. The number of carbonyl (C=O) groups excluding carboxylic acids is 3. The molecule has 0 aliphatic carbocycles. The zero-order valence-corrected chi connectivity index (χ0v) is 20.5. The highest BCUT2D eigenvalue weighted by atomic mass is 79.9. The van der Waals surface area contributed by atoms with Crippen LogP contribution in [-0.2, 0) is 20.9 Å². The molecule has 2 aromatic rings. The number of esters is 1. The fraction of sp³-hybridized carbons (Fsp3) is 0.227. The first-order valence-electron chi connectivity index (χ1n) is 9.34. The van der Waals surface area contributed by atoms with Crippen LogP contribution in [0.4, 0.5) is 4.79 Å². The molecule has 1 aliphatic heterocycles. The van der Waals surface area contributed by atoms with E-state index in [2.05, 4.69) is 20.7 Å². The number of methoxy groups -OCH3 is 2. The normalized spacial score (nSPS) is 15.8. The predicted molar refractivity (Wildman–Crippen MR) is 126 cm³/mol. The molecule has 0 saturated carbocycles. The molecule has 10 heteroatoms. The van der Waals surface area contributed by atoms with E-state index >= 15 is 0 Å². The summed E-state index contributed by atoms with van der Waals surface area (Å²) < 4.78 is 16.6. The second-order valence-electron chi connectivity index (χ2n) is 6.70. The maximum atomic E-state index is 12.7. The largest absolute Gasteiger partial charge is 0.493 e. The topological polar surface area (TPSA) is 82.1 Å². The third kappa shape index (κ3) is 5.28. The molecule has 0 N–H and O–H groups in total. The Bertz CT molecular complexity index is 1090. The predicted octanol–water partition coefficient (Wildman–Crippen LogP) is 5.29. The van der Waals surface area contributed by atoms with Crippen molar-refractivity contribution in [3.8, 4) is 11.5 Å². The van der Waals surface area contributed by atoms with Crippen LogP contribution in [0.1, 0.15) is 18.1 Å². The summed E-state index contributed by atoms with van der Waals surface area (Å²) >= 11 is 10.1. The Morgan fingerprint density at radius 2 is 1.91 bits per heavy atom. The maximum Gasteiger partial charge on any atom is 0.328 e. The van der Waals surface area contributed by atoms with Gasteiger partial charge in [-0.05, 0) is 76.1 Å². The average Bonchev–Trinajstić information content (AvgIpc) is 3.05. The summed E-state index contributed by atoms with van der Waals surface area (Å²) in [5, 5.41) is 0.107. The summed E-state index contributed by atoms with van der Waals surface area (Å²) in [7, 11) is 2.71. The molecule has 3 rings (SSSR count). The van der Waals surface area contributed by atoms with Gasteiger partial charge in [-0.25, -0.2) is 4.79 Å². The van der Waals surface area contributed by atoms with Gasteiger partial charge in [0.15, 0.2) is 11.5 Å². The van der Waals surface area contributed by atoms with Crippen molar-refractivity contribution in [2.24, 2.45) is 0 Å². The van der Waals surface area contributed by atoms with Gasteiger partial charge in [-0.3, -0.25) is 14.5 Å². The Morgan fingerprint density at radius 1 is 1.22 bits per heavy atom. The monoisotopic (exact) mass is 539 g/mol. The Morgan fingerprint density at radius 3 is 2.53 bits per heavy atom. The first-order chi connectivity index (χ1) is 15.2. The van der Waals surface area contributed by atoms with Crippen LogP contribution in [0.3, 0.4) is 0 Å². The van der Waals surface area contributed by atoms with Crippen LogP contribution < -0.4 is 9.47 Å². The molecule has 0 radical (unpaired) electrons. The van der Waals surface area contributed by atoms with Crippen LogP contribution in [-0.4, -0.2) is 42.3 Å². The molecule has 1 atom stereocenters. The lowest BCUT2D eigenvalue weighted by atomic mass is 10.1. The fourth-order valence-corrected chi connectivity index (χ4v) is 4.55. The zero-order chi connectivity index (χ0) is 23.4. The van der Waals surface area contributed by atoms with E-state index in [1.54, 1.807) is 30.3 Å². The molecule has 1 aliphatic rings. The highest BCUT2D eigenvalue weighted by Gasteiger charge is 2.41. The van der Waals surface area contributed by atoms with E-state index in [0.29, 0.717) is 33.2 Å². The minimum Gasteiger partial charge on any atom is -0.493 e. The Kier molecular flexibility index (Phi) is 7.86. The molecule has 0 bridgehead atoms. The molecule has 0 spiro atoms. The number of hydrogen-bond donors (Lipinski definition) is 0. The number of halogens is 2. The van der Waals surface area contributed by atoms with E-state index in [1.807, 2.05) is 12.1 Å². The molecule has 1 fully saturated rings. The average molecular weight is 541 g/mol. The van der Waals surface area contributed by atoms with Gasteiger partial charge < -0.3 is 14.2 Å². The molecule has 1 saturated heterocycles. The third-order valence-electron chi connectivity index (χ3n) is 4.60. The number of carbonyl (C=O) groups is 3. The number of ether oxygens (including phenoxy) is 3. The van der Waals surface area contributed by atoms with Gasteiger partial charge in [-0.15, -0.1) is 0 Å². The lowest BCUT2D eigenvalue weighted by Crippen LogP contribution is -2.42. The van der Waals surface area contributed by atoms with Crippen molar-refractivity contribution in [3.63, 3.8) is 0 Å². The van der Waals surface area contributed by atoms with Crippen molar-refractivity contribution in [2.45, 2.75) is 19.6 Å². The number of nitrogens with zero attached hydrogens (tertiary/aromatic N) is 1. The standard InChI is InChI=1S/C22H19BrClNO6S/c1-12(21(27)30-3)25-20(26)18(32-22(25)28)10-14-8-16(23)19(17(9-14)29-2)31-11-13-4-6-15(24)7-5-13/h4-10,12H,11H2,1-3H3/b18-10+/t12-/m0/s1. The van der Waals surface area contributed by atoms with Crippen molar-refractivity contribution in [3.05, 3.63) is 61.9 Å². The minimum atomic E-state index is -1.01. The molecular formula is C22H19BrClNO6S. The van der Waals surface area contributed by atoms with E-state index < -0.39 is 23.2 Å². The van der Waals surface area contributed by atoms with Gasteiger partial charge in [0, 0.05) is 5.02 Å². The van der Waals surface area contributed by atoms with Crippen LogP contribution in [0, 0.1) is 0 Å². The van der Waals surface area contributed by atoms with Gasteiger partial charge in [-0.1, -0.05) is 23.7 Å². The van der Waals surface area contributed by atoms with Crippen LogP contribution >= 0.6 is 39.3 Å². The molecule has 168 valence electrons. The smallest absolute Gasteiger partial charge is 0.328 e. The molecule has 7 nitrogen and oxygen atoms in total. The quantitative estimate of drug-likeness (QED) is 0.349. The fourth-order valence-electron chi connectivity index (χ4n) is 2.94. The second kappa shape index (κ2) is 10.4. The van der Waals surface area contributed by atoms with Gasteiger partial charge >= 0.3 is 5.97 Å². The number of rotatable bonds is 7. The van der Waals surface area contributed by atoms with E-state index in [-0.39, 0.29) is 4.91 Å². The highest BCUT2D eigenvalue weighted by Crippen LogP contribution is 2.40. The summed E-state index contributed by atoms with van der Waals surface area (Å²) in [4.78, 5) is 37.8. The Hall–Kier alpha value is -2.49. The zero-order valence-electron chi connectivity index (χ0n) is 17.4. The Balaban J connectivity index is 1.83. The molecule has 1 heterocycles. The van der Waals surface area contributed by atoms with Gasteiger partial charge in [0.05, 0.1) is 23.6 Å². The second-order valence-corrected chi connectivity index (χ2v) is 8.98. The first kappa shape index (κ1) is 24.2. The maximum absolute atomic E-state index is 12.7. The van der Waals surface area contributed by atoms with E-state index in [1.165, 1.54) is 21.1 Å². The molecular weight excluding hydrogens is 522 g/mol. The molecule has 32 heavy (non-hydrogen) atoms. The summed E-state index contributed by atoms with van der Waals surface area (Å²) in [5.74, 6) is -0.287. The summed E-state index contributed by atoms with van der Waals surface area (Å²) in [5.41, 5.74) is 1.55. The van der Waals surface area contributed by atoms with E-state index in [9.17, 15) is 14.4 Å². The van der Waals surface area contributed by atoms with Gasteiger partial charge in [0.25, 0.3) is 11.1 Å². The molecule has 0 aromatic heterocycles. The van der Waals surface area contributed by atoms with Gasteiger partial charge in [-0.2, -0.15) is 0 Å². The summed E-state index contributed by atoms with van der Waals surface area (Å²) in [6.07, 6.45) is 1.56. The van der Waals surface area contributed by atoms with Gasteiger partial charge in [0.2, 0.25) is 0 Å². The summed E-state index contributed by atoms with van der Waals surface area (Å²) in [6.45, 7) is 1.74. The van der Waals surface area contributed by atoms with Crippen molar-refractivity contribution < 1.29 is 28.6 Å². The van der Waals surface area contributed by atoms with E-state index in [4.69, 9.17) is 21.1 Å². The molecule has 2 aromatic carbocycles. The Labute approximate surface area is 202 Å². The molecule has 0 unspecified atom stereocenters. The number of benzene rings is 2. The van der Waals surface area contributed by atoms with Crippen molar-refractivity contribution in [2.75, 3.05) is 14.2 Å². The highest BCUT2D eigenvalue weighted by molar-refractivity contribution is 9.10. The number of imide groups is 1. The SMILES string of the molecule is COC(=O)[C@H](C)N1C(=O)S/C(=C/c2cc(Br)c(OCc3ccc(Cl)cc3)c(OC)c2)C1=O. The van der Waals surface area contributed by atoms with E-state index in [0.717, 1.165) is 22.2 Å². The van der Waals surface area contributed by atoms with Crippen molar-refractivity contribution >= 4 is 62.5 Å². The van der Waals surface area contributed by atoms with Crippen LogP contribution in [0.15, 0.2) is 45.8 Å². The first-order valence-corrected chi connectivity index (χ1v) is 11.3. The van der Waals surface area contributed by atoms with Crippen LogP contribution in [0.2, 0.25) is 5.02 Å². The molecule has 2 amide bonds. The minimum absolute atomic E-state index is 0.189. The van der Waals surface area contributed by atoms with Gasteiger partial charge in [0.1, 0.15) is 12.6 Å². The third-order valence-corrected chi connectivity index (χ3v) is 6.32. The number of hydrogen-bond acceptors (Lipinski definition) is 7. The van der Waals surface area contributed by atoms with Crippen LogP contribution in [0.25, 0.3) is 6.08 Å². The summed E-state index contributed by atoms with van der Waals surface area (Å²) in [6, 6.07) is 9.72. The number of amides is 2.